The standard InChI is InChI=1S/C25H29ClN2O2.C2H4O2.CO2/c1-24(2)9-8-20-14-18(15-21(26)23(20)29-24)17-28-12-10-25(11-13-28)16-22(27-30-25)19-6-4-3-5-7-19;1-2(3)4;2-1-3/h3-7,14-15H,8-13,16-17H2,1-2H3;1H3,(H,3,4);. The summed E-state index contributed by atoms with van der Waals surface area (Å²) in [6.07, 6.45) is 5.20. The summed E-state index contributed by atoms with van der Waals surface area (Å²) in [6.45, 7) is 8.27. The Balaban J connectivity index is 0.000000488. The number of carboxylic acids is 1. The zero-order valence-electron chi connectivity index (χ0n) is 21.5. The van der Waals surface area contributed by atoms with Gasteiger partial charge in [0.2, 0.25) is 0 Å². The topological polar surface area (TPSA) is 106 Å². The molecule has 0 bridgehead atoms. The minimum Gasteiger partial charge on any atom is -0.486 e. The third-order valence-electron chi connectivity index (χ3n) is 6.67. The van der Waals surface area contributed by atoms with Crippen molar-refractivity contribution in [3.05, 3.63) is 64.2 Å². The highest BCUT2D eigenvalue weighted by Crippen LogP contribution is 2.40. The maximum atomic E-state index is 9.00. The first kappa shape index (κ1) is 28.4. The van der Waals surface area contributed by atoms with Gasteiger partial charge < -0.3 is 14.7 Å². The highest BCUT2D eigenvalue weighted by atomic mass is 35.5. The van der Waals surface area contributed by atoms with Gasteiger partial charge in [-0.05, 0) is 49.4 Å². The molecule has 198 valence electrons. The van der Waals surface area contributed by atoms with Gasteiger partial charge in [-0.1, -0.05) is 53.2 Å². The molecule has 9 heteroatoms. The summed E-state index contributed by atoms with van der Waals surface area (Å²) < 4.78 is 6.13. The molecule has 3 aliphatic heterocycles. The number of halogens is 1. The van der Waals surface area contributed by atoms with E-state index in [4.69, 9.17) is 40.7 Å². The molecule has 3 aliphatic rings. The normalized spacial score (nSPS) is 18.9. The molecule has 0 unspecified atom stereocenters. The van der Waals surface area contributed by atoms with E-state index in [1.165, 1.54) is 16.7 Å². The molecule has 2 aromatic rings. The van der Waals surface area contributed by atoms with Crippen LogP contribution in [-0.4, -0.2) is 52.1 Å². The summed E-state index contributed by atoms with van der Waals surface area (Å²) in [4.78, 5) is 33.7. The fourth-order valence-electron chi connectivity index (χ4n) is 4.82. The van der Waals surface area contributed by atoms with Gasteiger partial charge in [-0.3, -0.25) is 9.69 Å². The maximum absolute atomic E-state index is 9.00. The lowest BCUT2D eigenvalue weighted by Crippen LogP contribution is -2.44. The Bertz CT molecular complexity index is 1150. The molecule has 0 radical (unpaired) electrons. The summed E-state index contributed by atoms with van der Waals surface area (Å²) in [5, 5.41) is 12.6. The molecule has 5 rings (SSSR count). The molecule has 1 saturated heterocycles. The lowest BCUT2D eigenvalue weighted by atomic mass is 9.85. The quantitative estimate of drug-likeness (QED) is 0.590. The molecule has 1 spiro atoms. The number of benzene rings is 2. The van der Waals surface area contributed by atoms with Crippen molar-refractivity contribution in [1.29, 1.82) is 0 Å². The van der Waals surface area contributed by atoms with Gasteiger partial charge in [-0.25, -0.2) is 0 Å². The van der Waals surface area contributed by atoms with Crippen LogP contribution in [0.1, 0.15) is 63.1 Å². The van der Waals surface area contributed by atoms with E-state index in [2.05, 4.69) is 60.3 Å². The van der Waals surface area contributed by atoms with Crippen molar-refractivity contribution in [2.75, 3.05) is 13.1 Å². The second kappa shape index (κ2) is 12.4. The Kier molecular flexibility index (Phi) is 9.49. The van der Waals surface area contributed by atoms with Crippen LogP contribution in [0.3, 0.4) is 0 Å². The molecule has 3 heterocycles. The molecule has 0 aromatic heterocycles. The first-order valence-electron chi connectivity index (χ1n) is 12.3. The summed E-state index contributed by atoms with van der Waals surface area (Å²) in [6, 6.07) is 14.7. The number of piperidine rings is 1. The van der Waals surface area contributed by atoms with Crippen LogP contribution in [0.4, 0.5) is 0 Å². The Morgan fingerprint density at radius 2 is 1.76 bits per heavy atom. The molecule has 0 saturated carbocycles. The first-order valence-corrected chi connectivity index (χ1v) is 12.7. The Morgan fingerprint density at radius 3 is 2.38 bits per heavy atom. The number of aryl methyl sites for hydroxylation is 1. The van der Waals surface area contributed by atoms with E-state index in [-0.39, 0.29) is 17.4 Å². The van der Waals surface area contributed by atoms with E-state index in [9.17, 15) is 0 Å². The SMILES string of the molecule is CC(=O)O.CC1(C)CCc2cc(CN3CCC4(CC3)CC(c3ccccc3)=NO4)cc(Cl)c2O1.O=C=O. The van der Waals surface area contributed by atoms with Gasteiger partial charge in [0.15, 0.2) is 0 Å². The third kappa shape index (κ3) is 7.89. The number of hydrogen-bond donors (Lipinski definition) is 1. The fourth-order valence-corrected chi connectivity index (χ4v) is 5.12. The van der Waals surface area contributed by atoms with Gasteiger partial charge in [0, 0.05) is 45.8 Å². The van der Waals surface area contributed by atoms with Crippen LogP contribution in [0.25, 0.3) is 0 Å². The van der Waals surface area contributed by atoms with Crippen LogP contribution >= 0.6 is 11.6 Å². The number of carbonyl (C=O) groups excluding carboxylic acids is 2. The van der Waals surface area contributed by atoms with Crippen LogP contribution in [0.5, 0.6) is 5.75 Å². The summed E-state index contributed by atoms with van der Waals surface area (Å²) in [7, 11) is 0. The number of rotatable bonds is 3. The van der Waals surface area contributed by atoms with Crippen LogP contribution in [0.2, 0.25) is 5.02 Å². The zero-order valence-corrected chi connectivity index (χ0v) is 22.2. The van der Waals surface area contributed by atoms with E-state index in [0.717, 1.165) is 75.1 Å². The van der Waals surface area contributed by atoms with E-state index >= 15 is 0 Å². The summed E-state index contributed by atoms with van der Waals surface area (Å²) >= 11 is 6.59. The van der Waals surface area contributed by atoms with Crippen LogP contribution in [0.15, 0.2) is 47.6 Å². The van der Waals surface area contributed by atoms with E-state index in [1.54, 1.807) is 0 Å². The number of oxime groups is 1. The summed E-state index contributed by atoms with van der Waals surface area (Å²) in [5.74, 6) is 0.0409. The molecule has 0 aliphatic carbocycles. The van der Waals surface area contributed by atoms with E-state index in [1.807, 2.05) is 6.07 Å². The van der Waals surface area contributed by atoms with Crippen molar-refractivity contribution in [1.82, 2.24) is 4.90 Å². The molecule has 1 N–H and O–H groups in total. The highest BCUT2D eigenvalue weighted by Gasteiger charge is 2.42. The molecule has 37 heavy (non-hydrogen) atoms. The smallest absolute Gasteiger partial charge is 0.373 e. The molecular formula is C28H33ClN2O6. The van der Waals surface area contributed by atoms with Crippen LogP contribution in [-0.2, 0) is 32.2 Å². The number of nitrogens with zero attached hydrogens (tertiary/aromatic N) is 2. The average Bonchev–Trinajstić information content (AvgIpc) is 3.26. The van der Waals surface area contributed by atoms with Crippen molar-refractivity contribution in [3.63, 3.8) is 0 Å². The van der Waals surface area contributed by atoms with Gasteiger partial charge in [0.05, 0.1) is 10.7 Å². The molecule has 0 amide bonds. The van der Waals surface area contributed by atoms with Crippen LogP contribution < -0.4 is 4.74 Å². The number of hydrogen-bond acceptors (Lipinski definition) is 7. The lowest BCUT2D eigenvalue weighted by Gasteiger charge is -2.37. The molecular weight excluding hydrogens is 496 g/mol. The third-order valence-corrected chi connectivity index (χ3v) is 6.96. The average molecular weight is 529 g/mol. The first-order chi connectivity index (χ1) is 17.6. The van der Waals surface area contributed by atoms with Gasteiger partial charge in [0.1, 0.15) is 17.0 Å². The second-order valence-electron chi connectivity index (χ2n) is 10.2. The van der Waals surface area contributed by atoms with Crippen molar-refractivity contribution >= 4 is 29.4 Å². The molecule has 0 atom stereocenters. The lowest BCUT2D eigenvalue weighted by molar-refractivity contribution is -0.191. The van der Waals surface area contributed by atoms with Crippen molar-refractivity contribution < 1.29 is 29.1 Å². The van der Waals surface area contributed by atoms with E-state index in [0.29, 0.717) is 0 Å². The van der Waals surface area contributed by atoms with Crippen molar-refractivity contribution in [2.24, 2.45) is 5.16 Å². The Labute approximate surface area is 222 Å². The Morgan fingerprint density at radius 1 is 1.14 bits per heavy atom. The minimum atomic E-state index is -0.833. The van der Waals surface area contributed by atoms with Gasteiger partial charge in [-0.15, -0.1) is 0 Å². The molecule has 8 nitrogen and oxygen atoms in total. The van der Waals surface area contributed by atoms with Gasteiger partial charge in [-0.2, -0.15) is 9.59 Å². The summed E-state index contributed by atoms with van der Waals surface area (Å²) in [5.41, 5.74) is 4.49. The van der Waals surface area contributed by atoms with Gasteiger partial charge in [0.25, 0.3) is 5.97 Å². The zero-order chi connectivity index (χ0) is 27.1. The largest absolute Gasteiger partial charge is 0.486 e. The molecule has 1 fully saturated rings. The van der Waals surface area contributed by atoms with Crippen molar-refractivity contribution in [2.45, 2.75) is 70.6 Å². The number of carboxylic acid groups (broad SMARTS) is 1. The predicted octanol–water partition coefficient (Wildman–Crippen LogP) is 5.11. The number of aliphatic carboxylic acids is 1. The Hall–Kier alpha value is -3.19. The second-order valence-corrected chi connectivity index (χ2v) is 10.6. The van der Waals surface area contributed by atoms with E-state index < -0.39 is 5.97 Å². The monoisotopic (exact) mass is 528 g/mol. The fraction of sp³-hybridized carbons (Fsp3) is 0.464. The number of fused-ring (bicyclic) bond motifs is 1. The van der Waals surface area contributed by atoms with Crippen molar-refractivity contribution in [3.8, 4) is 5.75 Å². The maximum Gasteiger partial charge on any atom is 0.373 e. The predicted molar refractivity (Wildman–Crippen MR) is 139 cm³/mol. The number of likely N-dealkylation sites (tertiary alicyclic amines) is 1. The van der Waals surface area contributed by atoms with Gasteiger partial charge >= 0.3 is 6.15 Å². The number of ether oxygens (including phenoxy) is 1. The molecule has 2 aromatic carbocycles. The highest BCUT2D eigenvalue weighted by molar-refractivity contribution is 6.32. The van der Waals surface area contributed by atoms with Crippen LogP contribution in [0, 0.1) is 0 Å². The minimum absolute atomic E-state index is 0.130. The number of carbonyl (C=O) groups is 1.